The molecule has 0 spiro atoms. The molecule has 0 aromatic carbocycles. The van der Waals surface area contributed by atoms with Gasteiger partial charge >= 0.3 is 0 Å². The fourth-order valence-electron chi connectivity index (χ4n) is 0.783. The Balaban J connectivity index is 2.73. The van der Waals surface area contributed by atoms with E-state index in [1.54, 1.807) is 0 Å². The summed E-state index contributed by atoms with van der Waals surface area (Å²) in [5, 5.41) is 0. The highest BCUT2D eigenvalue weighted by molar-refractivity contribution is 9.11. The molecule has 2 N–H and O–H groups in total. The van der Waals surface area contributed by atoms with Crippen LogP contribution >= 0.6 is 15.9 Å². The van der Waals surface area contributed by atoms with Crippen LogP contribution in [-0.4, -0.2) is 0 Å². The van der Waals surface area contributed by atoms with E-state index < -0.39 is 0 Å². The summed E-state index contributed by atoms with van der Waals surface area (Å²) in [5.74, 6) is 0. The maximum Gasteiger partial charge on any atom is 0.0273 e. The zero-order valence-corrected chi connectivity index (χ0v) is 7.26. The van der Waals surface area contributed by atoms with Crippen LogP contribution in [0.5, 0.6) is 0 Å². The third-order valence-corrected chi connectivity index (χ3v) is 1.91. The van der Waals surface area contributed by atoms with Crippen LogP contribution in [0.4, 0.5) is 0 Å². The number of nitrogens with two attached hydrogens (primary N) is 1. The maximum absolute atomic E-state index is 5.59. The molecule has 1 aliphatic rings. The van der Waals surface area contributed by atoms with Crippen LogP contribution in [-0.2, 0) is 0 Å². The van der Waals surface area contributed by atoms with E-state index in [2.05, 4.69) is 22.0 Å². The summed E-state index contributed by atoms with van der Waals surface area (Å²) < 4.78 is 1.11. The Morgan fingerprint density at radius 1 is 1.20 bits per heavy atom. The Hall–Kier alpha value is -0.500. The Morgan fingerprint density at radius 3 is 2.70 bits per heavy atom. The van der Waals surface area contributed by atoms with Gasteiger partial charge in [0.05, 0.1) is 0 Å². The van der Waals surface area contributed by atoms with Crippen molar-refractivity contribution in [3.63, 3.8) is 0 Å². The molecule has 0 unspecified atom stereocenters. The Labute approximate surface area is 69.4 Å². The topological polar surface area (TPSA) is 26.0 Å². The molecule has 1 aliphatic carbocycles. The standard InChI is InChI=1S/C8H10BrN/c9-7-3-1-2-4-8(10)6-5-7/h3-6H,1-2,10H2/b6-5-,7-3-,8-4+. The van der Waals surface area contributed by atoms with Crippen LogP contribution in [0.2, 0.25) is 0 Å². The van der Waals surface area contributed by atoms with Crippen molar-refractivity contribution >= 4 is 15.9 Å². The van der Waals surface area contributed by atoms with Crippen LogP contribution < -0.4 is 5.73 Å². The van der Waals surface area contributed by atoms with Gasteiger partial charge in [0.25, 0.3) is 0 Å². The highest BCUT2D eigenvalue weighted by atomic mass is 79.9. The second-order valence-corrected chi connectivity index (χ2v) is 3.12. The summed E-state index contributed by atoms with van der Waals surface area (Å²) in [6.45, 7) is 0. The minimum atomic E-state index is 0.852. The first kappa shape index (κ1) is 7.61. The molecule has 0 saturated heterocycles. The minimum Gasteiger partial charge on any atom is -0.399 e. The average molecular weight is 200 g/mol. The summed E-state index contributed by atoms with van der Waals surface area (Å²) in [6, 6.07) is 0. The first-order valence-electron chi connectivity index (χ1n) is 3.28. The predicted octanol–water partition coefficient (Wildman–Crippen LogP) is 2.46. The number of hydrogen-bond donors (Lipinski definition) is 1. The smallest absolute Gasteiger partial charge is 0.0273 e. The van der Waals surface area contributed by atoms with Gasteiger partial charge in [-0.2, -0.15) is 0 Å². The number of allylic oxidation sites excluding steroid dienone is 5. The molecule has 0 aliphatic heterocycles. The normalized spacial score (nSPS) is 32.5. The van der Waals surface area contributed by atoms with Gasteiger partial charge in [-0.1, -0.05) is 28.1 Å². The molecule has 10 heavy (non-hydrogen) atoms. The van der Waals surface area contributed by atoms with Gasteiger partial charge in [-0.25, -0.2) is 0 Å². The van der Waals surface area contributed by atoms with Crippen molar-refractivity contribution in [2.24, 2.45) is 5.73 Å². The molecule has 0 aromatic heterocycles. The van der Waals surface area contributed by atoms with E-state index in [1.165, 1.54) is 0 Å². The van der Waals surface area contributed by atoms with Gasteiger partial charge in [0.15, 0.2) is 0 Å². The molecule has 0 radical (unpaired) electrons. The molecule has 0 atom stereocenters. The van der Waals surface area contributed by atoms with Crippen molar-refractivity contribution < 1.29 is 0 Å². The van der Waals surface area contributed by atoms with Gasteiger partial charge < -0.3 is 5.73 Å². The van der Waals surface area contributed by atoms with Crippen LogP contribution in [0.1, 0.15) is 12.8 Å². The highest BCUT2D eigenvalue weighted by Crippen LogP contribution is 2.12. The third kappa shape index (κ3) is 2.40. The lowest BCUT2D eigenvalue weighted by Crippen LogP contribution is -1.93. The van der Waals surface area contributed by atoms with Crippen molar-refractivity contribution in [2.45, 2.75) is 12.8 Å². The monoisotopic (exact) mass is 199 g/mol. The van der Waals surface area contributed by atoms with Gasteiger partial charge in [-0.15, -0.1) is 0 Å². The second-order valence-electron chi connectivity index (χ2n) is 2.20. The van der Waals surface area contributed by atoms with Crippen LogP contribution in [0.3, 0.4) is 0 Å². The number of rotatable bonds is 0. The SMILES string of the molecule is NC1=C/CC/C=C(Br)/C=C\1. The van der Waals surface area contributed by atoms with Crippen molar-refractivity contribution in [1.29, 1.82) is 0 Å². The molecule has 0 heterocycles. The molecule has 1 rings (SSSR count). The molecule has 0 aromatic rings. The Morgan fingerprint density at radius 2 is 1.90 bits per heavy atom. The largest absolute Gasteiger partial charge is 0.399 e. The third-order valence-electron chi connectivity index (χ3n) is 1.32. The molecule has 0 amide bonds. The minimum absolute atomic E-state index is 0.852. The fourth-order valence-corrected chi connectivity index (χ4v) is 1.14. The zero-order valence-electron chi connectivity index (χ0n) is 5.68. The van der Waals surface area contributed by atoms with Crippen LogP contribution in [0.25, 0.3) is 0 Å². The Bertz CT molecular complexity index is 179. The summed E-state index contributed by atoms with van der Waals surface area (Å²) in [6.07, 6.45) is 10.1. The van der Waals surface area contributed by atoms with E-state index in [0.29, 0.717) is 0 Å². The second kappa shape index (κ2) is 3.62. The number of hydrogen-bond acceptors (Lipinski definition) is 1. The zero-order chi connectivity index (χ0) is 7.40. The predicted molar refractivity (Wildman–Crippen MR) is 47.7 cm³/mol. The van der Waals surface area contributed by atoms with E-state index in [-0.39, 0.29) is 0 Å². The van der Waals surface area contributed by atoms with E-state index in [1.807, 2.05) is 18.2 Å². The van der Waals surface area contributed by atoms with Gasteiger partial charge in [0.2, 0.25) is 0 Å². The van der Waals surface area contributed by atoms with Gasteiger partial charge in [-0.05, 0) is 25.0 Å². The van der Waals surface area contributed by atoms with Crippen molar-refractivity contribution in [3.8, 4) is 0 Å². The molecular weight excluding hydrogens is 190 g/mol. The van der Waals surface area contributed by atoms with E-state index >= 15 is 0 Å². The number of halogens is 1. The quantitative estimate of drug-likeness (QED) is 0.638. The van der Waals surface area contributed by atoms with E-state index in [4.69, 9.17) is 5.73 Å². The molecule has 0 bridgehead atoms. The van der Waals surface area contributed by atoms with Gasteiger partial charge in [0.1, 0.15) is 0 Å². The van der Waals surface area contributed by atoms with E-state index in [9.17, 15) is 0 Å². The highest BCUT2D eigenvalue weighted by Gasteiger charge is 1.90. The molecule has 1 nitrogen and oxygen atoms in total. The Kier molecular flexibility index (Phi) is 2.75. The molecule has 0 fully saturated rings. The van der Waals surface area contributed by atoms with Gasteiger partial charge in [-0.3, -0.25) is 0 Å². The van der Waals surface area contributed by atoms with Gasteiger partial charge in [0, 0.05) is 10.2 Å². The summed E-state index contributed by atoms with van der Waals surface area (Å²) >= 11 is 3.39. The molecular formula is C8H10BrN. The molecule has 54 valence electrons. The first-order chi connectivity index (χ1) is 4.79. The van der Waals surface area contributed by atoms with Crippen LogP contribution in [0, 0.1) is 0 Å². The lowest BCUT2D eigenvalue weighted by molar-refractivity contribution is 1.03. The summed E-state index contributed by atoms with van der Waals surface area (Å²) in [7, 11) is 0. The summed E-state index contributed by atoms with van der Waals surface area (Å²) in [4.78, 5) is 0. The molecule has 2 heteroatoms. The average Bonchev–Trinajstić information content (AvgIpc) is 1.90. The van der Waals surface area contributed by atoms with Crippen LogP contribution in [0.15, 0.2) is 34.5 Å². The lowest BCUT2D eigenvalue weighted by atomic mass is 10.2. The van der Waals surface area contributed by atoms with Crippen molar-refractivity contribution in [1.82, 2.24) is 0 Å². The first-order valence-corrected chi connectivity index (χ1v) is 4.08. The maximum atomic E-state index is 5.59. The van der Waals surface area contributed by atoms with Crippen molar-refractivity contribution in [3.05, 3.63) is 34.5 Å². The van der Waals surface area contributed by atoms with Crippen molar-refractivity contribution in [2.75, 3.05) is 0 Å². The molecule has 0 saturated carbocycles. The van der Waals surface area contributed by atoms with E-state index in [0.717, 1.165) is 23.0 Å². The summed E-state index contributed by atoms with van der Waals surface area (Å²) in [5.41, 5.74) is 6.44. The fraction of sp³-hybridized carbons (Fsp3) is 0.250. The lowest BCUT2D eigenvalue weighted by Gasteiger charge is -1.97.